The van der Waals surface area contributed by atoms with Crippen molar-refractivity contribution in [2.24, 2.45) is 0 Å². The Hall–Kier alpha value is -3.22. The van der Waals surface area contributed by atoms with Crippen LogP contribution in [0.1, 0.15) is 22.8 Å². The zero-order valence-electron chi connectivity index (χ0n) is 14.8. The van der Waals surface area contributed by atoms with Crippen molar-refractivity contribution < 1.29 is 28.9 Å². The summed E-state index contributed by atoms with van der Waals surface area (Å²) >= 11 is 0. The van der Waals surface area contributed by atoms with Gasteiger partial charge >= 0.3 is 5.97 Å². The Kier molecular flexibility index (Phi) is 6.43. The third kappa shape index (κ3) is 4.89. The number of amides is 1. The highest BCUT2D eigenvalue weighted by Gasteiger charge is 2.21. The van der Waals surface area contributed by atoms with Crippen molar-refractivity contribution in [2.45, 2.75) is 19.6 Å². The van der Waals surface area contributed by atoms with Gasteiger partial charge in [0, 0.05) is 12.6 Å². The summed E-state index contributed by atoms with van der Waals surface area (Å²) in [6.07, 6.45) is -1.01. The van der Waals surface area contributed by atoms with Crippen molar-refractivity contribution in [3.05, 3.63) is 53.6 Å². The number of nitrogens with one attached hydrogen (secondary N) is 1. The molecule has 2 rings (SSSR count). The number of carbonyl (C=O) groups is 2. The molecular weight excluding hydrogens is 338 g/mol. The van der Waals surface area contributed by atoms with Crippen LogP contribution >= 0.6 is 0 Å². The van der Waals surface area contributed by atoms with E-state index in [0.29, 0.717) is 12.3 Å². The maximum atomic E-state index is 12.1. The van der Waals surface area contributed by atoms with Crippen LogP contribution in [0.5, 0.6) is 17.2 Å². The molecule has 7 heteroatoms. The maximum Gasteiger partial charge on any atom is 0.342 e. The zero-order chi connectivity index (χ0) is 19.1. The fraction of sp³-hybridized carbons (Fsp3) is 0.263. The van der Waals surface area contributed by atoms with Crippen LogP contribution in [0.2, 0.25) is 0 Å². The lowest BCUT2D eigenvalue weighted by Gasteiger charge is -2.14. The lowest BCUT2D eigenvalue weighted by atomic mass is 10.2. The van der Waals surface area contributed by atoms with E-state index in [9.17, 15) is 14.7 Å². The number of phenols is 1. The molecule has 0 fully saturated rings. The van der Waals surface area contributed by atoms with Gasteiger partial charge in [-0.25, -0.2) is 4.79 Å². The molecule has 138 valence electrons. The number of esters is 1. The van der Waals surface area contributed by atoms with E-state index in [-0.39, 0.29) is 11.3 Å². The first-order chi connectivity index (χ1) is 12.4. The second-order valence-electron chi connectivity index (χ2n) is 5.50. The Morgan fingerprint density at radius 2 is 1.65 bits per heavy atom. The van der Waals surface area contributed by atoms with Gasteiger partial charge in [0.25, 0.3) is 5.91 Å². The molecule has 1 atom stereocenters. The number of aromatic hydroxyl groups is 1. The first kappa shape index (κ1) is 19.1. The summed E-state index contributed by atoms with van der Waals surface area (Å²) in [6, 6.07) is 11.4. The molecule has 2 aromatic carbocycles. The summed E-state index contributed by atoms with van der Waals surface area (Å²) in [4.78, 5) is 24.2. The third-order valence-corrected chi connectivity index (χ3v) is 3.70. The third-order valence-electron chi connectivity index (χ3n) is 3.70. The van der Waals surface area contributed by atoms with Crippen molar-refractivity contribution >= 4 is 11.9 Å². The summed E-state index contributed by atoms with van der Waals surface area (Å²) in [6.45, 7) is 1.75. The van der Waals surface area contributed by atoms with Gasteiger partial charge in [0.2, 0.25) is 0 Å². The smallest absolute Gasteiger partial charge is 0.342 e. The molecule has 2 aromatic rings. The van der Waals surface area contributed by atoms with E-state index in [0.717, 1.165) is 11.3 Å². The number of hydrogen-bond donors (Lipinski definition) is 2. The number of carbonyl (C=O) groups excluding carboxylic acids is 2. The van der Waals surface area contributed by atoms with Gasteiger partial charge in [-0.3, -0.25) is 4.79 Å². The van der Waals surface area contributed by atoms with E-state index in [1.807, 2.05) is 12.1 Å². The monoisotopic (exact) mass is 359 g/mol. The SMILES string of the molecule is COc1ccc(CNC(=O)[C@H](C)OC(=O)c2ccc(OC)cc2O)cc1. The molecular formula is C19H21NO6. The van der Waals surface area contributed by atoms with Crippen molar-refractivity contribution in [1.82, 2.24) is 5.32 Å². The fourth-order valence-corrected chi connectivity index (χ4v) is 2.16. The van der Waals surface area contributed by atoms with Crippen molar-refractivity contribution in [3.63, 3.8) is 0 Å². The van der Waals surface area contributed by atoms with Gasteiger partial charge in [0.05, 0.1) is 14.2 Å². The van der Waals surface area contributed by atoms with Gasteiger partial charge in [0.1, 0.15) is 22.8 Å². The average Bonchev–Trinajstić information content (AvgIpc) is 2.66. The minimum Gasteiger partial charge on any atom is -0.507 e. The van der Waals surface area contributed by atoms with E-state index < -0.39 is 18.0 Å². The molecule has 0 saturated heterocycles. The molecule has 0 spiro atoms. The van der Waals surface area contributed by atoms with Gasteiger partial charge in [-0.2, -0.15) is 0 Å². The van der Waals surface area contributed by atoms with Gasteiger partial charge in [-0.05, 0) is 36.8 Å². The Labute approximate surface area is 151 Å². The lowest BCUT2D eigenvalue weighted by Crippen LogP contribution is -2.35. The van der Waals surface area contributed by atoms with Gasteiger partial charge in [0.15, 0.2) is 6.10 Å². The summed E-state index contributed by atoms with van der Waals surface area (Å²) in [5.74, 6) is -0.384. The van der Waals surface area contributed by atoms with Crippen LogP contribution in [0.15, 0.2) is 42.5 Å². The molecule has 26 heavy (non-hydrogen) atoms. The van der Waals surface area contributed by atoms with Crippen molar-refractivity contribution in [3.8, 4) is 17.2 Å². The Balaban J connectivity index is 1.90. The molecule has 0 aliphatic rings. The van der Waals surface area contributed by atoms with E-state index in [1.165, 1.54) is 32.2 Å². The largest absolute Gasteiger partial charge is 0.507 e. The molecule has 0 aliphatic heterocycles. The average molecular weight is 359 g/mol. The second-order valence-corrected chi connectivity index (χ2v) is 5.50. The van der Waals surface area contributed by atoms with Gasteiger partial charge < -0.3 is 24.6 Å². The van der Waals surface area contributed by atoms with Crippen LogP contribution < -0.4 is 14.8 Å². The predicted octanol–water partition coefficient (Wildman–Crippen LogP) is 2.27. The summed E-state index contributed by atoms with van der Waals surface area (Å²) in [5.41, 5.74) is 0.839. The Morgan fingerprint density at radius 3 is 2.23 bits per heavy atom. The summed E-state index contributed by atoms with van der Waals surface area (Å²) in [7, 11) is 3.02. The molecule has 7 nitrogen and oxygen atoms in total. The van der Waals surface area contributed by atoms with Crippen LogP contribution in [-0.2, 0) is 16.1 Å². The van der Waals surface area contributed by atoms with Crippen LogP contribution in [0.25, 0.3) is 0 Å². The van der Waals surface area contributed by atoms with Crippen LogP contribution in [0.4, 0.5) is 0 Å². The molecule has 0 bridgehead atoms. The van der Waals surface area contributed by atoms with Crippen molar-refractivity contribution in [1.29, 1.82) is 0 Å². The highest BCUT2D eigenvalue weighted by Crippen LogP contribution is 2.24. The number of methoxy groups -OCH3 is 2. The van der Waals surface area contributed by atoms with Crippen LogP contribution in [0.3, 0.4) is 0 Å². The van der Waals surface area contributed by atoms with Gasteiger partial charge in [-0.15, -0.1) is 0 Å². The minimum atomic E-state index is -1.01. The van der Waals surface area contributed by atoms with E-state index in [2.05, 4.69) is 5.32 Å². The molecule has 2 N–H and O–H groups in total. The fourth-order valence-electron chi connectivity index (χ4n) is 2.16. The van der Waals surface area contributed by atoms with Gasteiger partial charge in [-0.1, -0.05) is 12.1 Å². The second kappa shape index (κ2) is 8.75. The molecule has 0 radical (unpaired) electrons. The molecule has 0 aliphatic carbocycles. The normalized spacial score (nSPS) is 11.3. The van der Waals surface area contributed by atoms with E-state index in [1.54, 1.807) is 19.2 Å². The molecule has 1 amide bonds. The summed E-state index contributed by atoms with van der Waals surface area (Å²) in [5, 5.41) is 12.5. The Bertz CT molecular complexity index is 772. The highest BCUT2D eigenvalue weighted by atomic mass is 16.5. The molecule has 0 heterocycles. The van der Waals surface area contributed by atoms with Crippen LogP contribution in [-0.4, -0.2) is 37.3 Å². The predicted molar refractivity (Wildman–Crippen MR) is 94.4 cm³/mol. The van der Waals surface area contributed by atoms with E-state index in [4.69, 9.17) is 14.2 Å². The first-order valence-electron chi connectivity index (χ1n) is 7.93. The number of ether oxygens (including phenoxy) is 3. The van der Waals surface area contributed by atoms with Crippen molar-refractivity contribution in [2.75, 3.05) is 14.2 Å². The lowest BCUT2D eigenvalue weighted by molar-refractivity contribution is -0.129. The number of hydrogen-bond acceptors (Lipinski definition) is 6. The van der Waals surface area contributed by atoms with E-state index >= 15 is 0 Å². The quantitative estimate of drug-likeness (QED) is 0.737. The number of benzene rings is 2. The molecule has 0 saturated carbocycles. The highest BCUT2D eigenvalue weighted by molar-refractivity contribution is 5.94. The topological polar surface area (TPSA) is 94.1 Å². The number of phenolic OH excluding ortho intramolecular Hbond substituents is 1. The number of rotatable bonds is 7. The molecule has 0 aromatic heterocycles. The minimum absolute atomic E-state index is 0.0411. The molecule has 0 unspecified atom stereocenters. The standard InChI is InChI=1S/C19H21NO6/c1-12(18(22)20-11-13-4-6-14(24-2)7-5-13)26-19(23)16-9-8-15(25-3)10-17(16)21/h4-10,12,21H,11H2,1-3H3,(H,20,22)/t12-/m0/s1. The summed E-state index contributed by atoms with van der Waals surface area (Å²) < 4.78 is 15.1. The first-order valence-corrected chi connectivity index (χ1v) is 7.93. The van der Waals surface area contributed by atoms with Crippen LogP contribution in [0, 0.1) is 0 Å². The maximum absolute atomic E-state index is 12.1. The Morgan fingerprint density at radius 1 is 1.04 bits per heavy atom. The zero-order valence-corrected chi connectivity index (χ0v) is 14.8.